The van der Waals surface area contributed by atoms with E-state index in [-0.39, 0.29) is 13.0 Å². The molecule has 0 aliphatic carbocycles. The van der Waals surface area contributed by atoms with Gasteiger partial charge in [-0.2, -0.15) is 11.8 Å². The summed E-state index contributed by atoms with van der Waals surface area (Å²) < 4.78 is 4.57. The number of rotatable bonds is 8. The van der Waals surface area contributed by atoms with E-state index >= 15 is 0 Å². The first kappa shape index (κ1) is 16.7. The van der Waals surface area contributed by atoms with E-state index in [1.54, 1.807) is 6.92 Å². The molecule has 0 fully saturated rings. The van der Waals surface area contributed by atoms with E-state index in [9.17, 15) is 14.4 Å². The lowest BCUT2D eigenvalue weighted by Crippen LogP contribution is -2.52. The number of esters is 1. The first-order chi connectivity index (χ1) is 8.43. The molecule has 0 aliphatic heterocycles. The number of hydrogen-bond acceptors (Lipinski definition) is 6. The molecule has 0 heterocycles. The van der Waals surface area contributed by atoms with Crippen molar-refractivity contribution in [2.45, 2.75) is 25.4 Å². The van der Waals surface area contributed by atoms with E-state index < -0.39 is 29.9 Å². The highest BCUT2D eigenvalue weighted by Crippen LogP contribution is 2.01. The number of nitrogens with one attached hydrogen (secondary N) is 1. The highest BCUT2D eigenvalue weighted by molar-refractivity contribution is 7.98. The highest BCUT2D eigenvalue weighted by atomic mass is 32.2. The van der Waals surface area contributed by atoms with Gasteiger partial charge in [-0.1, -0.05) is 0 Å². The minimum Gasteiger partial charge on any atom is -0.480 e. The number of ether oxygens (including phenoxy) is 1. The van der Waals surface area contributed by atoms with E-state index in [0.29, 0.717) is 5.75 Å². The van der Waals surface area contributed by atoms with Crippen molar-refractivity contribution in [3.05, 3.63) is 0 Å². The lowest BCUT2D eigenvalue weighted by atomic mass is 10.2. The van der Waals surface area contributed by atoms with E-state index in [1.165, 1.54) is 11.8 Å². The molecule has 0 spiro atoms. The van der Waals surface area contributed by atoms with Crippen LogP contribution in [0.4, 0.5) is 0 Å². The van der Waals surface area contributed by atoms with E-state index in [2.05, 4.69) is 10.1 Å². The number of carbonyl (C=O) groups excluding carboxylic acids is 2. The Balaban J connectivity index is 4.40. The number of carboxylic acids is 1. The van der Waals surface area contributed by atoms with Crippen molar-refractivity contribution in [2.75, 3.05) is 18.6 Å². The van der Waals surface area contributed by atoms with Gasteiger partial charge in [-0.25, -0.2) is 9.59 Å². The summed E-state index contributed by atoms with van der Waals surface area (Å²) in [7, 11) is 0. The third-order valence-corrected chi connectivity index (χ3v) is 2.69. The van der Waals surface area contributed by atoms with Crippen molar-refractivity contribution in [1.29, 1.82) is 0 Å². The summed E-state index contributed by atoms with van der Waals surface area (Å²) in [5, 5.41) is 11.1. The number of nitrogens with two attached hydrogens (primary N) is 1. The second-order valence-corrected chi connectivity index (χ2v) is 4.40. The Morgan fingerprint density at radius 1 is 1.44 bits per heavy atom. The Labute approximate surface area is 109 Å². The fraction of sp³-hybridized carbons (Fsp3) is 0.700. The Bertz CT molecular complexity index is 311. The standard InChI is InChI=1S/C10H18N2O5S/c1-3-17-10(16)7(11)8(13)12-6(9(14)15)4-5-18-2/h6-7H,3-5,11H2,1-2H3,(H,12,13)(H,14,15). The van der Waals surface area contributed by atoms with Crippen LogP contribution in [0.15, 0.2) is 0 Å². The molecular weight excluding hydrogens is 260 g/mol. The maximum Gasteiger partial charge on any atom is 0.332 e. The molecule has 0 aromatic heterocycles. The van der Waals surface area contributed by atoms with Gasteiger partial charge in [-0.3, -0.25) is 4.79 Å². The topological polar surface area (TPSA) is 119 Å². The van der Waals surface area contributed by atoms with E-state index in [4.69, 9.17) is 10.8 Å². The van der Waals surface area contributed by atoms with Gasteiger partial charge in [0.1, 0.15) is 6.04 Å². The average molecular weight is 278 g/mol. The van der Waals surface area contributed by atoms with Crippen LogP contribution in [-0.4, -0.2) is 53.7 Å². The van der Waals surface area contributed by atoms with Crippen molar-refractivity contribution in [3.63, 3.8) is 0 Å². The molecule has 0 aromatic carbocycles. The van der Waals surface area contributed by atoms with Gasteiger partial charge < -0.3 is 20.9 Å². The van der Waals surface area contributed by atoms with Gasteiger partial charge in [0.15, 0.2) is 6.04 Å². The zero-order valence-electron chi connectivity index (χ0n) is 10.3. The predicted octanol–water partition coefficient (Wildman–Crippen LogP) is -0.801. The minimum absolute atomic E-state index is 0.106. The van der Waals surface area contributed by atoms with Crippen LogP contribution in [0, 0.1) is 0 Å². The summed E-state index contributed by atoms with van der Waals surface area (Å²) in [6, 6.07) is -2.55. The van der Waals surface area contributed by atoms with E-state index in [1.807, 2.05) is 6.26 Å². The van der Waals surface area contributed by atoms with Crippen molar-refractivity contribution >= 4 is 29.6 Å². The molecule has 8 heteroatoms. The fourth-order valence-corrected chi connectivity index (χ4v) is 1.57. The summed E-state index contributed by atoms with van der Waals surface area (Å²) >= 11 is 1.46. The molecule has 0 aromatic rings. The largest absolute Gasteiger partial charge is 0.480 e. The Morgan fingerprint density at radius 2 is 2.06 bits per heavy atom. The van der Waals surface area contributed by atoms with Crippen LogP contribution in [0.1, 0.15) is 13.3 Å². The zero-order valence-corrected chi connectivity index (χ0v) is 11.2. The Kier molecular flexibility index (Phi) is 8.14. The molecule has 18 heavy (non-hydrogen) atoms. The second-order valence-electron chi connectivity index (χ2n) is 3.41. The molecule has 0 bridgehead atoms. The minimum atomic E-state index is -1.50. The molecule has 1 amide bonds. The normalized spacial score (nSPS) is 13.5. The lowest BCUT2D eigenvalue weighted by Gasteiger charge is -2.16. The molecule has 0 saturated carbocycles. The number of amides is 1. The molecule has 0 saturated heterocycles. The van der Waals surface area contributed by atoms with Crippen LogP contribution in [-0.2, 0) is 19.1 Å². The Hall–Kier alpha value is -1.28. The third kappa shape index (κ3) is 5.87. The fourth-order valence-electron chi connectivity index (χ4n) is 1.09. The number of carboxylic acid groups (broad SMARTS) is 1. The van der Waals surface area contributed by atoms with Crippen molar-refractivity contribution in [2.24, 2.45) is 5.73 Å². The zero-order chi connectivity index (χ0) is 14.1. The number of thioether (sulfide) groups is 1. The van der Waals surface area contributed by atoms with Gasteiger partial charge in [-0.15, -0.1) is 0 Å². The first-order valence-corrected chi connectivity index (χ1v) is 6.77. The lowest BCUT2D eigenvalue weighted by molar-refractivity contribution is -0.150. The van der Waals surface area contributed by atoms with Gasteiger partial charge in [0, 0.05) is 0 Å². The molecule has 0 radical (unpaired) electrons. The molecule has 0 aliphatic rings. The molecule has 4 N–H and O–H groups in total. The molecule has 2 atom stereocenters. The van der Waals surface area contributed by atoms with Crippen molar-refractivity contribution in [1.82, 2.24) is 5.32 Å². The van der Waals surface area contributed by atoms with Gasteiger partial charge in [0.2, 0.25) is 5.91 Å². The van der Waals surface area contributed by atoms with Gasteiger partial charge in [0.25, 0.3) is 0 Å². The predicted molar refractivity (Wildman–Crippen MR) is 67.2 cm³/mol. The van der Waals surface area contributed by atoms with Crippen molar-refractivity contribution < 1.29 is 24.2 Å². The summed E-state index contributed by atoms with van der Waals surface area (Å²) in [6.45, 7) is 1.69. The van der Waals surface area contributed by atoms with Gasteiger partial charge in [-0.05, 0) is 25.4 Å². The third-order valence-electron chi connectivity index (χ3n) is 2.05. The number of carbonyl (C=O) groups is 3. The number of hydrogen-bond donors (Lipinski definition) is 3. The second kappa shape index (κ2) is 8.76. The first-order valence-electron chi connectivity index (χ1n) is 5.38. The number of aliphatic carboxylic acids is 1. The molecular formula is C10H18N2O5S. The monoisotopic (exact) mass is 278 g/mol. The van der Waals surface area contributed by atoms with Crippen LogP contribution in [0.2, 0.25) is 0 Å². The van der Waals surface area contributed by atoms with Crippen molar-refractivity contribution in [3.8, 4) is 0 Å². The highest BCUT2D eigenvalue weighted by Gasteiger charge is 2.27. The van der Waals surface area contributed by atoms with Crippen LogP contribution < -0.4 is 11.1 Å². The summed E-state index contributed by atoms with van der Waals surface area (Å²) in [4.78, 5) is 33.6. The SMILES string of the molecule is CCOC(=O)C(N)C(=O)NC(CCSC)C(=O)O. The van der Waals surface area contributed by atoms with E-state index in [0.717, 1.165) is 0 Å². The van der Waals surface area contributed by atoms with Crippen LogP contribution in [0.5, 0.6) is 0 Å². The summed E-state index contributed by atoms with van der Waals surface area (Å²) in [5.41, 5.74) is 5.34. The van der Waals surface area contributed by atoms with Crippen LogP contribution in [0.25, 0.3) is 0 Å². The smallest absolute Gasteiger partial charge is 0.332 e. The quantitative estimate of drug-likeness (QED) is 0.393. The molecule has 2 unspecified atom stereocenters. The maximum absolute atomic E-state index is 11.5. The molecule has 104 valence electrons. The average Bonchev–Trinajstić information content (AvgIpc) is 2.33. The summed E-state index contributed by atoms with van der Waals surface area (Å²) in [6.07, 6.45) is 2.09. The molecule has 7 nitrogen and oxygen atoms in total. The maximum atomic E-state index is 11.5. The molecule has 0 rings (SSSR count). The van der Waals surface area contributed by atoms with Gasteiger partial charge in [0.05, 0.1) is 6.61 Å². The summed E-state index contributed by atoms with van der Waals surface area (Å²) in [5.74, 6) is -2.30. The Morgan fingerprint density at radius 3 is 2.50 bits per heavy atom. The van der Waals surface area contributed by atoms with Gasteiger partial charge >= 0.3 is 11.9 Å². The van der Waals surface area contributed by atoms with Crippen LogP contribution in [0.3, 0.4) is 0 Å². The van der Waals surface area contributed by atoms with Crippen LogP contribution >= 0.6 is 11.8 Å².